The number of aliphatic imine (C=N–C) groups is 1. The molecule has 0 atom stereocenters. The molecule has 2 aromatic rings. The molecule has 0 unspecified atom stereocenters. The van der Waals surface area contributed by atoms with Crippen molar-refractivity contribution >= 4 is 22.5 Å². The monoisotopic (exact) mass is 363 g/mol. The number of aromatic nitrogens is 2. The Morgan fingerprint density at radius 2 is 1.84 bits per heavy atom. The van der Waals surface area contributed by atoms with E-state index < -0.39 is 11.2 Å². The van der Waals surface area contributed by atoms with E-state index in [4.69, 9.17) is 4.74 Å². The summed E-state index contributed by atoms with van der Waals surface area (Å²) in [7, 11) is 4.37. The van der Waals surface area contributed by atoms with Gasteiger partial charge in [-0.15, -0.1) is 11.8 Å². The van der Waals surface area contributed by atoms with Crippen LogP contribution in [-0.2, 0) is 14.1 Å². The highest BCUT2D eigenvalue weighted by atomic mass is 32.2. The van der Waals surface area contributed by atoms with Gasteiger partial charge in [0.2, 0.25) is 5.88 Å². The van der Waals surface area contributed by atoms with Crippen LogP contribution >= 0.6 is 11.8 Å². The summed E-state index contributed by atoms with van der Waals surface area (Å²) in [6.07, 6.45) is 0.874. The number of thioether (sulfide) groups is 1. The van der Waals surface area contributed by atoms with Crippen molar-refractivity contribution in [3.8, 4) is 11.6 Å². The number of hydrogen-bond donors (Lipinski definition) is 1. The van der Waals surface area contributed by atoms with Crippen LogP contribution in [0.1, 0.15) is 18.9 Å². The molecule has 25 heavy (non-hydrogen) atoms. The first-order valence-electron chi connectivity index (χ1n) is 7.75. The minimum absolute atomic E-state index is 0.0267. The molecule has 0 aliphatic rings. The Labute approximate surface area is 149 Å². The molecule has 2 rings (SSSR count). The minimum Gasteiger partial charge on any atom is -0.497 e. The van der Waals surface area contributed by atoms with Crippen LogP contribution in [0.15, 0.2) is 38.8 Å². The van der Waals surface area contributed by atoms with Gasteiger partial charge < -0.3 is 9.84 Å². The first-order valence-corrected chi connectivity index (χ1v) is 8.74. The van der Waals surface area contributed by atoms with Crippen LogP contribution in [0.5, 0.6) is 11.6 Å². The number of rotatable bonds is 5. The second kappa shape index (κ2) is 8.06. The van der Waals surface area contributed by atoms with E-state index in [2.05, 4.69) is 4.99 Å². The smallest absolute Gasteiger partial charge is 0.333 e. The molecule has 0 saturated heterocycles. The maximum atomic E-state index is 12.5. The number of ether oxygens (including phenoxy) is 1. The second-order valence-corrected chi connectivity index (χ2v) is 6.45. The Morgan fingerprint density at radius 3 is 2.40 bits per heavy atom. The molecule has 0 fully saturated rings. The quantitative estimate of drug-likeness (QED) is 0.649. The van der Waals surface area contributed by atoms with E-state index in [1.54, 1.807) is 31.4 Å². The molecule has 7 nitrogen and oxygen atoms in total. The summed E-state index contributed by atoms with van der Waals surface area (Å²) in [5, 5.41) is 10.7. The van der Waals surface area contributed by atoms with Gasteiger partial charge in [0.05, 0.1) is 12.8 Å². The molecule has 0 saturated carbocycles. The van der Waals surface area contributed by atoms with Crippen LogP contribution < -0.4 is 16.0 Å². The highest BCUT2D eigenvalue weighted by molar-refractivity contribution is 8.14. The molecule has 1 N–H and O–H groups in total. The van der Waals surface area contributed by atoms with Crippen LogP contribution in [0.4, 0.5) is 5.69 Å². The normalized spacial score (nSPS) is 11.6. The average Bonchev–Trinajstić information content (AvgIpc) is 2.63. The lowest BCUT2D eigenvalue weighted by Crippen LogP contribution is -2.39. The Kier molecular flexibility index (Phi) is 6.08. The molecule has 0 radical (unpaired) electrons. The van der Waals surface area contributed by atoms with Gasteiger partial charge in [-0.25, -0.2) is 9.79 Å². The zero-order valence-corrected chi connectivity index (χ0v) is 15.5. The minimum atomic E-state index is -0.587. The molecule has 134 valence electrons. The predicted octanol–water partition coefficient (Wildman–Crippen LogP) is 2.02. The van der Waals surface area contributed by atoms with Gasteiger partial charge in [-0.2, -0.15) is 0 Å². The van der Waals surface area contributed by atoms with Gasteiger partial charge in [0.15, 0.2) is 0 Å². The number of aromatic hydroxyl groups is 1. The topological polar surface area (TPSA) is 85.8 Å². The number of nitrogens with zero attached hydrogens (tertiary/aromatic N) is 3. The zero-order chi connectivity index (χ0) is 18.6. The third-order valence-corrected chi connectivity index (χ3v) is 4.77. The third kappa shape index (κ3) is 3.96. The fourth-order valence-electron chi connectivity index (χ4n) is 2.15. The standard InChI is InChI=1S/C17H21N3O4S/c1-5-10-25-14(18-11-6-8-12(24-4)9-7-11)13-15(21)19(2)17(23)20(3)16(13)22/h6-9,21H,5,10H2,1-4H3. The van der Waals surface area contributed by atoms with Crippen molar-refractivity contribution in [3.05, 3.63) is 50.7 Å². The van der Waals surface area contributed by atoms with Crippen molar-refractivity contribution in [1.82, 2.24) is 9.13 Å². The average molecular weight is 363 g/mol. The first kappa shape index (κ1) is 18.9. The van der Waals surface area contributed by atoms with Crippen molar-refractivity contribution in [2.24, 2.45) is 19.1 Å². The van der Waals surface area contributed by atoms with Crippen molar-refractivity contribution < 1.29 is 9.84 Å². The first-order chi connectivity index (χ1) is 11.9. The van der Waals surface area contributed by atoms with E-state index in [9.17, 15) is 14.7 Å². The van der Waals surface area contributed by atoms with Gasteiger partial charge in [0.1, 0.15) is 16.4 Å². The number of hydrogen-bond acceptors (Lipinski definition) is 6. The van der Waals surface area contributed by atoms with E-state index in [-0.39, 0.29) is 11.4 Å². The summed E-state index contributed by atoms with van der Waals surface area (Å²) in [4.78, 5) is 29.0. The Morgan fingerprint density at radius 1 is 1.20 bits per heavy atom. The molecule has 0 aliphatic heterocycles. The summed E-state index contributed by atoms with van der Waals surface area (Å²) in [5.74, 6) is 1.03. The SMILES string of the molecule is CCCSC(=Nc1ccc(OC)cc1)c1c(O)n(C)c(=O)n(C)c1=O. The van der Waals surface area contributed by atoms with E-state index in [1.807, 2.05) is 6.92 Å². The Balaban J connectivity index is 2.64. The molecule has 0 bridgehead atoms. The highest BCUT2D eigenvalue weighted by Gasteiger charge is 2.20. The number of methoxy groups -OCH3 is 1. The van der Waals surface area contributed by atoms with Crippen molar-refractivity contribution in [1.29, 1.82) is 0 Å². The van der Waals surface area contributed by atoms with Gasteiger partial charge in [0.25, 0.3) is 5.56 Å². The fourth-order valence-corrected chi connectivity index (χ4v) is 3.04. The van der Waals surface area contributed by atoms with E-state index in [1.165, 1.54) is 25.9 Å². The van der Waals surface area contributed by atoms with E-state index >= 15 is 0 Å². The molecular weight excluding hydrogens is 342 g/mol. The molecule has 1 heterocycles. The van der Waals surface area contributed by atoms with Gasteiger partial charge >= 0.3 is 5.69 Å². The third-order valence-electron chi connectivity index (χ3n) is 3.59. The van der Waals surface area contributed by atoms with Crippen molar-refractivity contribution in [2.45, 2.75) is 13.3 Å². The summed E-state index contributed by atoms with van der Waals surface area (Å²) in [6.45, 7) is 2.01. The maximum Gasteiger partial charge on any atom is 0.333 e. The second-order valence-electron chi connectivity index (χ2n) is 5.37. The van der Waals surface area contributed by atoms with Gasteiger partial charge in [-0.3, -0.25) is 13.9 Å². The van der Waals surface area contributed by atoms with Crippen molar-refractivity contribution in [3.63, 3.8) is 0 Å². The molecule has 0 aliphatic carbocycles. The molecule has 0 amide bonds. The summed E-state index contributed by atoms with van der Waals surface area (Å²) >= 11 is 1.36. The van der Waals surface area contributed by atoms with Crippen LogP contribution in [0.3, 0.4) is 0 Å². The van der Waals surface area contributed by atoms with E-state index in [0.29, 0.717) is 16.5 Å². The summed E-state index contributed by atoms with van der Waals surface area (Å²) in [5.41, 5.74) is -0.513. The Hall–Kier alpha value is -2.48. The molecule has 1 aromatic carbocycles. The zero-order valence-electron chi connectivity index (χ0n) is 14.6. The highest BCUT2D eigenvalue weighted by Crippen LogP contribution is 2.24. The molecule has 0 spiro atoms. The predicted molar refractivity (Wildman–Crippen MR) is 101 cm³/mol. The molecule has 8 heteroatoms. The van der Waals surface area contributed by atoms with Gasteiger partial charge in [0, 0.05) is 14.1 Å². The molecular formula is C17H21N3O4S. The number of benzene rings is 1. The van der Waals surface area contributed by atoms with Crippen LogP contribution in [0.2, 0.25) is 0 Å². The Bertz CT molecular complexity index is 898. The fraction of sp³-hybridized carbons (Fsp3) is 0.353. The van der Waals surface area contributed by atoms with Crippen LogP contribution in [-0.4, -0.2) is 32.1 Å². The van der Waals surface area contributed by atoms with Gasteiger partial charge in [-0.1, -0.05) is 6.92 Å². The van der Waals surface area contributed by atoms with Crippen LogP contribution in [0.25, 0.3) is 0 Å². The summed E-state index contributed by atoms with van der Waals surface area (Å²) in [6, 6.07) is 7.04. The van der Waals surface area contributed by atoms with Crippen LogP contribution in [0, 0.1) is 0 Å². The largest absolute Gasteiger partial charge is 0.497 e. The lowest BCUT2D eigenvalue weighted by Gasteiger charge is -2.12. The summed E-state index contributed by atoms with van der Waals surface area (Å²) < 4.78 is 7.12. The lowest BCUT2D eigenvalue weighted by atomic mass is 10.3. The lowest BCUT2D eigenvalue weighted by molar-refractivity contribution is 0.410. The van der Waals surface area contributed by atoms with Gasteiger partial charge in [-0.05, 0) is 36.4 Å². The van der Waals surface area contributed by atoms with E-state index in [0.717, 1.165) is 21.3 Å². The molecule has 1 aromatic heterocycles. The maximum absolute atomic E-state index is 12.5. The van der Waals surface area contributed by atoms with Crippen molar-refractivity contribution in [2.75, 3.05) is 12.9 Å².